The number of anilines is 3. The molecule has 2 nitrogen and oxygen atoms in total. The van der Waals surface area contributed by atoms with E-state index < -0.39 is 0 Å². The van der Waals surface area contributed by atoms with Crippen LogP contribution in [0.25, 0.3) is 76.5 Å². The molecule has 0 spiro atoms. The third-order valence-corrected chi connectivity index (χ3v) is 10.9. The topological polar surface area (TPSA) is 12.5 Å². The Kier molecular flexibility index (Phi) is 8.08. The summed E-state index contributed by atoms with van der Waals surface area (Å²) in [7, 11) is 1.75. The summed E-state index contributed by atoms with van der Waals surface area (Å²) in [6, 6.07) is 74.4. The molecule has 10 aromatic carbocycles. The van der Waals surface area contributed by atoms with Crippen LogP contribution < -0.4 is 9.64 Å². The van der Waals surface area contributed by atoms with Gasteiger partial charge in [0.25, 0.3) is 0 Å². The highest BCUT2D eigenvalue weighted by Gasteiger charge is 2.22. The van der Waals surface area contributed by atoms with Crippen LogP contribution in [0.5, 0.6) is 5.75 Å². The molecule has 2 heteroatoms. The van der Waals surface area contributed by atoms with Gasteiger partial charge in [-0.05, 0) is 119 Å². The molecule has 0 saturated heterocycles. The molecule has 0 aliphatic heterocycles. The number of benzene rings is 10. The maximum absolute atomic E-state index is 6.07. The zero-order valence-corrected chi connectivity index (χ0v) is 30.5. The lowest BCUT2D eigenvalue weighted by Crippen LogP contribution is -2.12. The normalized spacial score (nSPS) is 11.4. The number of methoxy groups -OCH3 is 1. The van der Waals surface area contributed by atoms with Gasteiger partial charge >= 0.3 is 0 Å². The van der Waals surface area contributed by atoms with Gasteiger partial charge in [-0.3, -0.25) is 0 Å². The fourth-order valence-corrected chi connectivity index (χ4v) is 8.39. The highest BCUT2D eigenvalue weighted by Crippen LogP contribution is 2.47. The molecule has 0 aliphatic rings. The number of ether oxygens (including phenoxy) is 1. The van der Waals surface area contributed by atoms with Gasteiger partial charge in [-0.25, -0.2) is 0 Å². The molecule has 10 rings (SSSR count). The van der Waals surface area contributed by atoms with Gasteiger partial charge in [-0.15, -0.1) is 0 Å². The second kappa shape index (κ2) is 13.7. The molecule has 0 saturated carbocycles. The Morgan fingerprint density at radius 2 is 0.855 bits per heavy atom. The van der Waals surface area contributed by atoms with Crippen LogP contribution in [0.15, 0.2) is 206 Å². The van der Waals surface area contributed by atoms with Crippen LogP contribution in [0, 0.1) is 0 Å². The number of fused-ring (bicyclic) bond motifs is 6. The largest absolute Gasteiger partial charge is 0.496 e. The summed E-state index contributed by atoms with van der Waals surface area (Å²) in [6.07, 6.45) is 0. The maximum Gasteiger partial charge on any atom is 0.128 e. The minimum Gasteiger partial charge on any atom is -0.496 e. The first-order valence-electron chi connectivity index (χ1n) is 18.8. The van der Waals surface area contributed by atoms with Crippen LogP contribution in [0.2, 0.25) is 0 Å². The molecule has 0 bridgehead atoms. The summed E-state index contributed by atoms with van der Waals surface area (Å²) in [5, 5.41) is 10.0. The van der Waals surface area contributed by atoms with Gasteiger partial charge in [-0.1, -0.05) is 158 Å². The van der Waals surface area contributed by atoms with Crippen molar-refractivity contribution in [2.75, 3.05) is 12.0 Å². The van der Waals surface area contributed by atoms with E-state index in [2.05, 4.69) is 211 Å². The Morgan fingerprint density at radius 3 is 1.47 bits per heavy atom. The molecule has 0 amide bonds. The third kappa shape index (κ3) is 5.67. The number of hydrogen-bond donors (Lipinski definition) is 0. The van der Waals surface area contributed by atoms with Crippen LogP contribution >= 0.6 is 0 Å². The highest BCUT2D eigenvalue weighted by molar-refractivity contribution is 6.15. The summed E-state index contributed by atoms with van der Waals surface area (Å²) in [6.45, 7) is 0. The Bertz CT molecular complexity index is 3020. The smallest absolute Gasteiger partial charge is 0.128 e. The summed E-state index contributed by atoms with van der Waals surface area (Å²) in [5.41, 5.74) is 10.1. The molecule has 0 fully saturated rings. The van der Waals surface area contributed by atoms with Gasteiger partial charge in [0.05, 0.1) is 12.8 Å². The first kappa shape index (κ1) is 32.5. The molecule has 0 N–H and O–H groups in total. The molecular weight excluding hydrogens is 667 g/mol. The molecule has 0 heterocycles. The van der Waals surface area contributed by atoms with Crippen LogP contribution in [0.1, 0.15) is 0 Å². The minimum absolute atomic E-state index is 0.824. The molecular formula is C53H37NO. The van der Waals surface area contributed by atoms with Gasteiger partial charge in [-0.2, -0.15) is 0 Å². The zero-order chi connectivity index (χ0) is 36.7. The van der Waals surface area contributed by atoms with Crippen molar-refractivity contribution in [3.8, 4) is 39.1 Å². The zero-order valence-electron chi connectivity index (χ0n) is 30.5. The van der Waals surface area contributed by atoms with Crippen LogP contribution in [-0.2, 0) is 0 Å². The lowest BCUT2D eigenvalue weighted by molar-refractivity contribution is 0.416. The Hall–Kier alpha value is -7.16. The maximum atomic E-state index is 6.07. The van der Waals surface area contributed by atoms with E-state index in [1.807, 2.05) is 0 Å². The van der Waals surface area contributed by atoms with Crippen molar-refractivity contribution in [2.24, 2.45) is 0 Å². The molecule has 55 heavy (non-hydrogen) atoms. The van der Waals surface area contributed by atoms with E-state index in [9.17, 15) is 0 Å². The third-order valence-electron chi connectivity index (χ3n) is 10.9. The first-order chi connectivity index (χ1) is 27.2. The number of hydrogen-bond acceptors (Lipinski definition) is 2. The fourth-order valence-electron chi connectivity index (χ4n) is 8.39. The standard InChI is InChI=1S/C53H37NO/c1-55-52-28-14-27-51(53(52)37-15-3-2-4-16-37)54(41-31-29-36(30-32-41)49-34-39-17-5-7-21-43(39)45-23-9-11-25-47(45)49)42-20-13-19-38(33-42)50-35-40-18-6-8-22-44(40)46-24-10-12-26-48(46)50/h2-35H,1H3. The van der Waals surface area contributed by atoms with Gasteiger partial charge in [0.1, 0.15) is 5.75 Å². The lowest BCUT2D eigenvalue weighted by atomic mass is 9.92. The van der Waals surface area contributed by atoms with Gasteiger partial charge in [0.15, 0.2) is 0 Å². The molecule has 0 unspecified atom stereocenters. The van der Waals surface area contributed by atoms with E-state index in [1.165, 1.54) is 59.8 Å². The second-order valence-corrected chi connectivity index (χ2v) is 14.0. The average Bonchev–Trinajstić information content (AvgIpc) is 3.26. The summed E-state index contributed by atoms with van der Waals surface area (Å²) in [5.74, 6) is 0.824. The van der Waals surface area contributed by atoms with Gasteiger partial charge in [0.2, 0.25) is 0 Å². The molecule has 0 aromatic heterocycles. The van der Waals surface area contributed by atoms with Gasteiger partial charge < -0.3 is 9.64 Å². The summed E-state index contributed by atoms with van der Waals surface area (Å²) in [4.78, 5) is 2.37. The second-order valence-electron chi connectivity index (χ2n) is 14.0. The van der Waals surface area contributed by atoms with Crippen molar-refractivity contribution in [1.29, 1.82) is 0 Å². The Labute approximate surface area is 321 Å². The predicted octanol–water partition coefficient (Wildman–Crippen LogP) is 14.8. The molecule has 10 aromatic rings. The monoisotopic (exact) mass is 703 g/mol. The van der Waals surface area contributed by atoms with Crippen molar-refractivity contribution >= 4 is 60.2 Å². The van der Waals surface area contributed by atoms with E-state index in [4.69, 9.17) is 4.74 Å². The SMILES string of the molecule is COc1cccc(N(c2ccc(-c3cc4ccccc4c4ccccc34)cc2)c2cccc(-c3cc4ccccc4c4ccccc34)c2)c1-c1ccccc1. The van der Waals surface area contributed by atoms with Crippen LogP contribution in [0.3, 0.4) is 0 Å². The van der Waals surface area contributed by atoms with E-state index in [1.54, 1.807) is 7.11 Å². The first-order valence-corrected chi connectivity index (χ1v) is 18.8. The van der Waals surface area contributed by atoms with E-state index in [0.29, 0.717) is 0 Å². The van der Waals surface area contributed by atoms with E-state index >= 15 is 0 Å². The van der Waals surface area contributed by atoms with Crippen molar-refractivity contribution in [3.63, 3.8) is 0 Å². The van der Waals surface area contributed by atoms with Gasteiger partial charge in [0, 0.05) is 16.9 Å². The quantitative estimate of drug-likeness (QED) is 0.153. The van der Waals surface area contributed by atoms with Crippen LogP contribution in [-0.4, -0.2) is 7.11 Å². The molecule has 0 atom stereocenters. The van der Waals surface area contributed by atoms with Crippen molar-refractivity contribution in [2.45, 2.75) is 0 Å². The van der Waals surface area contributed by atoms with E-state index in [-0.39, 0.29) is 0 Å². The highest BCUT2D eigenvalue weighted by atomic mass is 16.5. The van der Waals surface area contributed by atoms with Crippen molar-refractivity contribution < 1.29 is 4.74 Å². The van der Waals surface area contributed by atoms with Crippen molar-refractivity contribution in [3.05, 3.63) is 206 Å². The molecule has 0 aliphatic carbocycles. The minimum atomic E-state index is 0.824. The number of nitrogens with zero attached hydrogens (tertiary/aromatic N) is 1. The Morgan fingerprint density at radius 1 is 0.345 bits per heavy atom. The summed E-state index contributed by atoms with van der Waals surface area (Å²) >= 11 is 0. The average molecular weight is 704 g/mol. The fraction of sp³-hybridized carbons (Fsp3) is 0.0189. The predicted molar refractivity (Wildman–Crippen MR) is 234 cm³/mol. The number of rotatable bonds is 7. The van der Waals surface area contributed by atoms with Crippen LogP contribution in [0.4, 0.5) is 17.1 Å². The molecule has 260 valence electrons. The van der Waals surface area contributed by atoms with E-state index in [0.717, 1.165) is 39.5 Å². The molecule has 0 radical (unpaired) electrons. The van der Waals surface area contributed by atoms with Crippen molar-refractivity contribution in [1.82, 2.24) is 0 Å². The Balaban J connectivity index is 1.18. The summed E-state index contributed by atoms with van der Waals surface area (Å²) < 4.78 is 6.07. The lowest BCUT2D eigenvalue weighted by Gasteiger charge is -2.29.